The van der Waals surface area contributed by atoms with E-state index in [2.05, 4.69) is 0 Å². The van der Waals surface area contributed by atoms with E-state index in [4.69, 9.17) is 23.9 Å². The molecule has 0 atom stereocenters. The molecule has 8 heteroatoms. The molecule has 0 saturated carbocycles. The van der Waals surface area contributed by atoms with Crippen molar-refractivity contribution < 1.29 is 28.5 Å². The Morgan fingerprint density at radius 3 is 2.12 bits per heavy atom. The van der Waals surface area contributed by atoms with Crippen LogP contribution < -0.4 is 19.1 Å². The van der Waals surface area contributed by atoms with E-state index in [-0.39, 0.29) is 5.91 Å². The molecule has 4 aromatic carbocycles. The van der Waals surface area contributed by atoms with E-state index in [1.54, 1.807) is 29.2 Å². The van der Waals surface area contributed by atoms with Crippen LogP contribution in [-0.2, 0) is 9.53 Å². The SMILES string of the molecule is CCN(C(=O)COC(=O)c1cc(-c2cc(OC)c(OC)c(OC)c2)nc2ccccc12)c1cccc2ccccc12. The molecule has 0 N–H and O–H groups in total. The van der Waals surface area contributed by atoms with Gasteiger partial charge in [0.2, 0.25) is 5.75 Å². The first-order valence-corrected chi connectivity index (χ1v) is 13.1. The zero-order valence-electron chi connectivity index (χ0n) is 23.3. The number of hydrogen-bond donors (Lipinski definition) is 0. The average Bonchev–Trinajstić information content (AvgIpc) is 3.02. The number of carbonyl (C=O) groups is 2. The molecule has 208 valence electrons. The number of pyridine rings is 1. The highest BCUT2D eigenvalue weighted by atomic mass is 16.5. The van der Waals surface area contributed by atoms with E-state index in [9.17, 15) is 9.59 Å². The molecule has 5 rings (SSSR count). The lowest BCUT2D eigenvalue weighted by Crippen LogP contribution is -2.34. The van der Waals surface area contributed by atoms with Gasteiger partial charge in [-0.1, -0.05) is 54.6 Å². The lowest BCUT2D eigenvalue weighted by Gasteiger charge is -2.22. The number of carbonyl (C=O) groups excluding carboxylic acids is 2. The van der Waals surface area contributed by atoms with Gasteiger partial charge in [-0.2, -0.15) is 0 Å². The third kappa shape index (κ3) is 5.36. The van der Waals surface area contributed by atoms with Gasteiger partial charge in [-0.3, -0.25) is 4.79 Å². The van der Waals surface area contributed by atoms with Gasteiger partial charge in [0.1, 0.15) is 0 Å². The Kier molecular flexibility index (Phi) is 8.01. The molecule has 0 spiro atoms. The first-order chi connectivity index (χ1) is 20.0. The van der Waals surface area contributed by atoms with Gasteiger partial charge < -0.3 is 23.8 Å². The molecule has 1 amide bonds. The Morgan fingerprint density at radius 1 is 0.780 bits per heavy atom. The predicted molar refractivity (Wildman–Crippen MR) is 159 cm³/mol. The summed E-state index contributed by atoms with van der Waals surface area (Å²) in [7, 11) is 4.60. The molecule has 0 aliphatic rings. The Morgan fingerprint density at radius 2 is 1.44 bits per heavy atom. The summed E-state index contributed by atoms with van der Waals surface area (Å²) in [4.78, 5) is 33.2. The van der Waals surface area contributed by atoms with E-state index in [1.807, 2.05) is 67.6 Å². The molecule has 0 bridgehead atoms. The molecule has 5 aromatic rings. The van der Waals surface area contributed by atoms with Crippen molar-refractivity contribution >= 4 is 39.2 Å². The molecular formula is C33H30N2O6. The van der Waals surface area contributed by atoms with Crippen LogP contribution in [0.1, 0.15) is 17.3 Å². The van der Waals surface area contributed by atoms with E-state index >= 15 is 0 Å². The second-order valence-corrected chi connectivity index (χ2v) is 9.20. The Balaban J connectivity index is 1.46. The van der Waals surface area contributed by atoms with Crippen molar-refractivity contribution in [2.24, 2.45) is 0 Å². The Labute approximate surface area is 238 Å². The van der Waals surface area contributed by atoms with Gasteiger partial charge in [-0.15, -0.1) is 0 Å². The van der Waals surface area contributed by atoms with E-state index < -0.39 is 12.6 Å². The summed E-state index contributed by atoms with van der Waals surface area (Å²) >= 11 is 0. The zero-order chi connectivity index (χ0) is 28.9. The lowest BCUT2D eigenvalue weighted by atomic mass is 10.0. The minimum atomic E-state index is -0.625. The summed E-state index contributed by atoms with van der Waals surface area (Å²) in [5.74, 6) is 0.420. The predicted octanol–water partition coefficient (Wildman–Crippen LogP) is 6.29. The number of methoxy groups -OCH3 is 3. The van der Waals surface area contributed by atoms with Crippen molar-refractivity contribution in [1.29, 1.82) is 0 Å². The van der Waals surface area contributed by atoms with Crippen LogP contribution in [0.4, 0.5) is 5.69 Å². The van der Waals surface area contributed by atoms with Crippen LogP contribution in [0.2, 0.25) is 0 Å². The fourth-order valence-corrected chi connectivity index (χ4v) is 4.93. The summed E-state index contributed by atoms with van der Waals surface area (Å²) in [6, 6.07) is 26.1. The molecule has 0 radical (unpaired) electrons. The van der Waals surface area contributed by atoms with Crippen molar-refractivity contribution in [3.8, 4) is 28.5 Å². The van der Waals surface area contributed by atoms with Crippen molar-refractivity contribution in [3.05, 3.63) is 90.5 Å². The third-order valence-electron chi connectivity index (χ3n) is 6.90. The van der Waals surface area contributed by atoms with E-state index in [0.29, 0.717) is 51.5 Å². The summed E-state index contributed by atoms with van der Waals surface area (Å²) in [5, 5.41) is 2.59. The van der Waals surface area contributed by atoms with Crippen molar-refractivity contribution in [1.82, 2.24) is 4.98 Å². The number of esters is 1. The third-order valence-corrected chi connectivity index (χ3v) is 6.90. The number of ether oxygens (including phenoxy) is 4. The Hall–Kier alpha value is -5.11. The number of likely N-dealkylation sites (N-methyl/N-ethyl adjacent to an activating group) is 1. The summed E-state index contributed by atoms with van der Waals surface area (Å²) in [6.45, 7) is 1.90. The number of nitrogens with zero attached hydrogens (tertiary/aromatic N) is 2. The van der Waals surface area contributed by atoms with Gasteiger partial charge in [0, 0.05) is 22.9 Å². The number of benzene rings is 4. The highest BCUT2D eigenvalue weighted by Gasteiger charge is 2.22. The first kappa shape index (κ1) is 27.5. The largest absolute Gasteiger partial charge is 0.493 e. The summed E-state index contributed by atoms with van der Waals surface area (Å²) in [6.07, 6.45) is 0. The molecule has 0 fully saturated rings. The number of fused-ring (bicyclic) bond motifs is 2. The molecule has 8 nitrogen and oxygen atoms in total. The van der Waals surface area contributed by atoms with Gasteiger partial charge in [-0.05, 0) is 42.6 Å². The number of anilines is 1. The highest BCUT2D eigenvalue weighted by Crippen LogP contribution is 2.41. The highest BCUT2D eigenvalue weighted by molar-refractivity contribution is 6.07. The van der Waals surface area contributed by atoms with Crippen LogP contribution in [0, 0.1) is 0 Å². The second kappa shape index (κ2) is 12.0. The summed E-state index contributed by atoms with van der Waals surface area (Å²) in [5.41, 5.74) is 2.82. The van der Waals surface area contributed by atoms with Crippen molar-refractivity contribution in [2.75, 3.05) is 39.4 Å². The molecule has 41 heavy (non-hydrogen) atoms. The van der Waals surface area contributed by atoms with Crippen LogP contribution in [0.3, 0.4) is 0 Å². The van der Waals surface area contributed by atoms with Crippen molar-refractivity contribution in [2.45, 2.75) is 6.92 Å². The summed E-state index contributed by atoms with van der Waals surface area (Å²) < 4.78 is 22.0. The van der Waals surface area contributed by atoms with Crippen LogP contribution in [0.25, 0.3) is 32.9 Å². The molecule has 0 saturated heterocycles. The molecular weight excluding hydrogens is 520 g/mol. The molecule has 0 aliphatic carbocycles. The molecule has 1 aromatic heterocycles. The molecule has 0 unspecified atom stereocenters. The normalized spacial score (nSPS) is 10.8. The molecule has 0 aliphatic heterocycles. The topological polar surface area (TPSA) is 87.2 Å². The number of rotatable bonds is 9. The monoisotopic (exact) mass is 550 g/mol. The van der Waals surface area contributed by atoms with Gasteiger partial charge in [0.25, 0.3) is 5.91 Å². The first-order valence-electron chi connectivity index (χ1n) is 13.1. The maximum absolute atomic E-state index is 13.5. The fourth-order valence-electron chi connectivity index (χ4n) is 4.93. The quantitative estimate of drug-likeness (QED) is 0.199. The van der Waals surface area contributed by atoms with E-state index in [1.165, 1.54) is 21.3 Å². The van der Waals surface area contributed by atoms with E-state index in [0.717, 1.165) is 16.5 Å². The minimum Gasteiger partial charge on any atom is -0.493 e. The number of para-hydroxylation sites is 1. The number of hydrogen-bond acceptors (Lipinski definition) is 7. The maximum Gasteiger partial charge on any atom is 0.339 e. The van der Waals surface area contributed by atoms with Crippen LogP contribution >= 0.6 is 0 Å². The maximum atomic E-state index is 13.5. The molecule has 1 heterocycles. The standard InChI is InChI=1S/C33H30N2O6/c1-5-35(28-16-10-12-21-11-6-7-13-23(21)28)31(36)20-41-33(37)25-19-27(34-26-15-9-8-14-24(25)26)22-17-29(38-2)32(40-4)30(18-22)39-3/h6-19H,5,20H2,1-4H3. The second-order valence-electron chi connectivity index (χ2n) is 9.20. The minimum absolute atomic E-state index is 0.292. The Bertz CT molecular complexity index is 1720. The van der Waals surface area contributed by atoms with Crippen LogP contribution in [-0.4, -0.2) is 51.3 Å². The van der Waals surface area contributed by atoms with Gasteiger partial charge in [-0.25, -0.2) is 9.78 Å². The number of aromatic nitrogens is 1. The zero-order valence-corrected chi connectivity index (χ0v) is 23.3. The fraction of sp³-hybridized carbons (Fsp3) is 0.182. The van der Waals surface area contributed by atoms with Crippen molar-refractivity contribution in [3.63, 3.8) is 0 Å². The van der Waals surface area contributed by atoms with Crippen LogP contribution in [0.15, 0.2) is 84.9 Å². The smallest absolute Gasteiger partial charge is 0.339 e. The van der Waals surface area contributed by atoms with Gasteiger partial charge in [0.05, 0.1) is 43.8 Å². The van der Waals surface area contributed by atoms with Crippen LogP contribution in [0.5, 0.6) is 17.2 Å². The average molecular weight is 551 g/mol. The van der Waals surface area contributed by atoms with Gasteiger partial charge in [0.15, 0.2) is 18.1 Å². The lowest BCUT2D eigenvalue weighted by molar-refractivity contribution is -0.121. The number of amides is 1. The van der Waals surface area contributed by atoms with Gasteiger partial charge >= 0.3 is 5.97 Å².